The number of ether oxygens (including phenoxy) is 1. The summed E-state index contributed by atoms with van der Waals surface area (Å²) in [4.78, 5) is 5.15. The van der Waals surface area contributed by atoms with Gasteiger partial charge in [0, 0.05) is 32.1 Å². The first-order valence-electron chi connectivity index (χ1n) is 6.20. The van der Waals surface area contributed by atoms with Crippen LogP contribution in [0.2, 0.25) is 5.02 Å². The number of rotatable bonds is 7. The highest BCUT2D eigenvalue weighted by Gasteiger charge is 2.08. The monoisotopic (exact) mass is 312 g/mol. The van der Waals surface area contributed by atoms with Crippen LogP contribution >= 0.6 is 23.4 Å². The molecule has 0 saturated carbocycles. The van der Waals surface area contributed by atoms with E-state index in [-0.39, 0.29) is 0 Å². The number of aryl methyl sites for hydroxylation is 1. The Morgan fingerprint density at radius 2 is 2.30 bits per heavy atom. The van der Waals surface area contributed by atoms with E-state index in [9.17, 15) is 0 Å². The predicted molar refractivity (Wildman–Crippen MR) is 80.2 cm³/mol. The van der Waals surface area contributed by atoms with Gasteiger partial charge in [-0.2, -0.15) is 5.10 Å². The van der Waals surface area contributed by atoms with E-state index in [1.165, 1.54) is 18.1 Å². The maximum absolute atomic E-state index is 6.31. The number of benzene rings is 1. The second kappa shape index (κ2) is 7.64. The Morgan fingerprint density at radius 1 is 1.45 bits per heavy atom. The lowest BCUT2D eigenvalue weighted by molar-refractivity contribution is 0.199. The van der Waals surface area contributed by atoms with Crippen LogP contribution in [-0.4, -0.2) is 35.0 Å². The van der Waals surface area contributed by atoms with Gasteiger partial charge < -0.3 is 10.1 Å². The normalized spacial score (nSPS) is 10.9. The number of hydrogen-bond acceptors (Lipinski definition) is 5. The van der Waals surface area contributed by atoms with Gasteiger partial charge in [0.05, 0.1) is 11.6 Å². The van der Waals surface area contributed by atoms with Crippen LogP contribution in [0.3, 0.4) is 0 Å². The molecule has 0 amide bonds. The van der Waals surface area contributed by atoms with Crippen molar-refractivity contribution in [3.63, 3.8) is 0 Å². The molecule has 0 atom stereocenters. The fourth-order valence-corrected chi connectivity index (χ4v) is 2.71. The number of nitrogens with zero attached hydrogens (tertiary/aromatic N) is 3. The van der Waals surface area contributed by atoms with Crippen LogP contribution in [0.1, 0.15) is 5.56 Å². The molecule has 20 heavy (non-hydrogen) atoms. The first-order valence-corrected chi connectivity index (χ1v) is 7.40. The molecule has 0 aliphatic rings. The third-order valence-electron chi connectivity index (χ3n) is 2.68. The summed E-state index contributed by atoms with van der Waals surface area (Å²) in [5, 5.41) is 8.87. The summed E-state index contributed by atoms with van der Waals surface area (Å²) in [6.45, 7) is 2.30. The van der Waals surface area contributed by atoms with Crippen molar-refractivity contribution in [1.82, 2.24) is 20.1 Å². The molecule has 0 unspecified atom stereocenters. The van der Waals surface area contributed by atoms with E-state index in [1.54, 1.807) is 11.8 Å². The van der Waals surface area contributed by atoms with Gasteiger partial charge in [0.25, 0.3) is 0 Å². The van der Waals surface area contributed by atoms with Crippen LogP contribution in [0.5, 0.6) is 0 Å². The highest BCUT2D eigenvalue weighted by Crippen LogP contribution is 2.32. The Morgan fingerprint density at radius 3 is 2.95 bits per heavy atom. The van der Waals surface area contributed by atoms with Crippen molar-refractivity contribution in [3.05, 3.63) is 35.1 Å². The van der Waals surface area contributed by atoms with Crippen LogP contribution < -0.4 is 5.32 Å². The van der Waals surface area contributed by atoms with Gasteiger partial charge >= 0.3 is 0 Å². The zero-order chi connectivity index (χ0) is 14.4. The number of halogens is 1. The average molecular weight is 313 g/mol. The molecule has 2 rings (SSSR count). The molecule has 0 spiro atoms. The van der Waals surface area contributed by atoms with Crippen LogP contribution in [0.25, 0.3) is 0 Å². The van der Waals surface area contributed by atoms with Crippen molar-refractivity contribution in [2.45, 2.75) is 16.6 Å². The van der Waals surface area contributed by atoms with Gasteiger partial charge in [0.1, 0.15) is 6.33 Å². The standard InChI is InChI=1S/C13H17ClN4OS/c1-18-13(16-9-17-18)20-12-4-3-10(7-11(12)14)8-15-5-6-19-2/h3-4,7,9,15H,5-6,8H2,1-2H3. The maximum Gasteiger partial charge on any atom is 0.190 e. The number of methoxy groups -OCH3 is 1. The Bertz CT molecular complexity index is 561. The molecular weight excluding hydrogens is 296 g/mol. The molecule has 0 radical (unpaired) electrons. The molecule has 1 N–H and O–H groups in total. The molecule has 108 valence electrons. The Labute approximate surface area is 127 Å². The first kappa shape index (κ1) is 15.3. The number of aromatic nitrogens is 3. The minimum Gasteiger partial charge on any atom is -0.383 e. The van der Waals surface area contributed by atoms with E-state index in [4.69, 9.17) is 16.3 Å². The first-order chi connectivity index (χ1) is 9.70. The number of hydrogen-bond donors (Lipinski definition) is 1. The van der Waals surface area contributed by atoms with E-state index in [0.29, 0.717) is 6.61 Å². The Kier molecular flexibility index (Phi) is 5.85. The Hall–Kier alpha value is -1.08. The van der Waals surface area contributed by atoms with Crippen LogP contribution in [0.15, 0.2) is 34.6 Å². The molecule has 2 aromatic rings. The minimum absolute atomic E-state index is 0.702. The minimum atomic E-state index is 0.702. The topological polar surface area (TPSA) is 52.0 Å². The lowest BCUT2D eigenvalue weighted by atomic mass is 10.2. The summed E-state index contributed by atoms with van der Waals surface area (Å²) < 4.78 is 6.71. The summed E-state index contributed by atoms with van der Waals surface area (Å²) >= 11 is 7.81. The highest BCUT2D eigenvalue weighted by atomic mass is 35.5. The molecule has 5 nitrogen and oxygen atoms in total. The van der Waals surface area contributed by atoms with Crippen LogP contribution in [0, 0.1) is 0 Å². The third-order valence-corrected chi connectivity index (χ3v) is 4.23. The SMILES string of the molecule is COCCNCc1ccc(Sc2ncnn2C)c(Cl)c1. The van der Waals surface area contributed by atoms with Crippen molar-refractivity contribution in [1.29, 1.82) is 0 Å². The largest absolute Gasteiger partial charge is 0.383 e. The second-order valence-electron chi connectivity index (χ2n) is 4.20. The van der Waals surface area contributed by atoms with E-state index in [2.05, 4.69) is 21.5 Å². The molecule has 0 fully saturated rings. The van der Waals surface area contributed by atoms with Crippen molar-refractivity contribution in [3.8, 4) is 0 Å². The summed E-state index contributed by atoms with van der Waals surface area (Å²) in [6, 6.07) is 6.04. The zero-order valence-corrected chi connectivity index (χ0v) is 13.0. The molecule has 1 heterocycles. The predicted octanol–water partition coefficient (Wildman–Crippen LogP) is 2.36. The Balaban J connectivity index is 1.97. The average Bonchev–Trinajstić information content (AvgIpc) is 2.83. The fourth-order valence-electron chi connectivity index (χ4n) is 1.62. The van der Waals surface area contributed by atoms with Gasteiger partial charge in [-0.25, -0.2) is 9.67 Å². The molecule has 1 aromatic heterocycles. The zero-order valence-electron chi connectivity index (χ0n) is 11.5. The van der Waals surface area contributed by atoms with Crippen LogP contribution in [0.4, 0.5) is 0 Å². The van der Waals surface area contributed by atoms with Crippen molar-refractivity contribution in [2.24, 2.45) is 7.05 Å². The van der Waals surface area contributed by atoms with Gasteiger partial charge in [0.15, 0.2) is 5.16 Å². The van der Waals surface area contributed by atoms with Gasteiger partial charge in [-0.3, -0.25) is 0 Å². The van der Waals surface area contributed by atoms with Gasteiger partial charge in [-0.15, -0.1) is 0 Å². The molecule has 0 aliphatic carbocycles. The summed E-state index contributed by atoms with van der Waals surface area (Å²) in [5.74, 6) is 0. The summed E-state index contributed by atoms with van der Waals surface area (Å²) in [7, 11) is 3.55. The molecule has 0 saturated heterocycles. The van der Waals surface area contributed by atoms with Gasteiger partial charge in [-0.1, -0.05) is 17.7 Å². The van der Waals surface area contributed by atoms with Gasteiger partial charge in [0.2, 0.25) is 0 Å². The lowest BCUT2D eigenvalue weighted by Crippen LogP contribution is -2.18. The van der Waals surface area contributed by atoms with Crippen molar-refractivity contribution in [2.75, 3.05) is 20.3 Å². The summed E-state index contributed by atoms with van der Waals surface area (Å²) in [5.41, 5.74) is 1.15. The van der Waals surface area contributed by atoms with E-state index < -0.39 is 0 Å². The molecule has 0 aliphatic heterocycles. The van der Waals surface area contributed by atoms with E-state index in [0.717, 1.165) is 33.7 Å². The van der Waals surface area contributed by atoms with Crippen molar-refractivity contribution < 1.29 is 4.74 Å². The highest BCUT2D eigenvalue weighted by molar-refractivity contribution is 7.99. The maximum atomic E-state index is 6.31. The number of nitrogens with one attached hydrogen (secondary N) is 1. The lowest BCUT2D eigenvalue weighted by Gasteiger charge is -2.07. The second-order valence-corrected chi connectivity index (χ2v) is 5.62. The quantitative estimate of drug-likeness (QED) is 0.795. The molecule has 0 bridgehead atoms. The molecule has 1 aromatic carbocycles. The van der Waals surface area contributed by atoms with Crippen molar-refractivity contribution >= 4 is 23.4 Å². The smallest absolute Gasteiger partial charge is 0.190 e. The summed E-state index contributed by atoms with van der Waals surface area (Å²) in [6.07, 6.45) is 1.53. The van der Waals surface area contributed by atoms with Gasteiger partial charge in [-0.05, 0) is 29.5 Å². The van der Waals surface area contributed by atoms with E-state index in [1.807, 2.05) is 19.2 Å². The van der Waals surface area contributed by atoms with Crippen LogP contribution in [-0.2, 0) is 18.3 Å². The fraction of sp³-hybridized carbons (Fsp3) is 0.385. The molecular formula is C13H17ClN4OS. The third kappa shape index (κ3) is 4.21. The molecule has 7 heteroatoms. The van der Waals surface area contributed by atoms with E-state index >= 15 is 0 Å².